The quantitative estimate of drug-likeness (QED) is 0.534. The minimum absolute atomic E-state index is 0.162. The maximum Gasteiger partial charge on any atom is 0.132 e. The number of fused-ring (bicyclic) bond motifs is 1. The molecule has 3 aromatic rings. The lowest BCUT2D eigenvalue weighted by Crippen LogP contribution is -2.03. The molecule has 3 rings (SSSR count). The van der Waals surface area contributed by atoms with Crippen LogP contribution in [-0.4, -0.2) is 9.55 Å². The standard InChI is InChI=1S/C17H16BrClN2/c1-10-7-8-15(13(18)9-10)21-16-11(2)5-4-6-14(16)20-17(21)12(3)19/h4-9,12H,1-3H3. The van der Waals surface area contributed by atoms with E-state index >= 15 is 0 Å². The number of benzene rings is 2. The van der Waals surface area contributed by atoms with Crippen LogP contribution in [0.25, 0.3) is 16.7 Å². The van der Waals surface area contributed by atoms with E-state index < -0.39 is 0 Å². The Labute approximate surface area is 137 Å². The minimum atomic E-state index is -0.162. The summed E-state index contributed by atoms with van der Waals surface area (Å²) in [7, 11) is 0. The van der Waals surface area contributed by atoms with Crippen molar-refractivity contribution in [2.24, 2.45) is 0 Å². The molecule has 1 unspecified atom stereocenters. The molecule has 1 heterocycles. The number of alkyl halides is 1. The zero-order valence-electron chi connectivity index (χ0n) is 12.2. The van der Waals surface area contributed by atoms with Gasteiger partial charge in [0.1, 0.15) is 5.82 Å². The molecule has 21 heavy (non-hydrogen) atoms. The maximum absolute atomic E-state index is 6.37. The first-order valence-corrected chi connectivity index (χ1v) is 8.10. The lowest BCUT2D eigenvalue weighted by atomic mass is 10.2. The molecular formula is C17H16BrClN2. The summed E-state index contributed by atoms with van der Waals surface area (Å²) in [5.41, 5.74) is 5.57. The van der Waals surface area contributed by atoms with Crippen molar-refractivity contribution in [3.63, 3.8) is 0 Å². The first kappa shape index (κ1) is 14.6. The molecule has 2 nitrogen and oxygen atoms in total. The van der Waals surface area contributed by atoms with Crippen LogP contribution in [0.1, 0.15) is 29.3 Å². The first-order valence-electron chi connectivity index (χ1n) is 6.87. The topological polar surface area (TPSA) is 17.8 Å². The zero-order valence-corrected chi connectivity index (χ0v) is 14.5. The highest BCUT2D eigenvalue weighted by Crippen LogP contribution is 2.33. The fourth-order valence-electron chi connectivity index (χ4n) is 2.62. The van der Waals surface area contributed by atoms with Crippen LogP contribution >= 0.6 is 27.5 Å². The predicted molar refractivity (Wildman–Crippen MR) is 92.5 cm³/mol. The van der Waals surface area contributed by atoms with Crippen LogP contribution in [0, 0.1) is 13.8 Å². The largest absolute Gasteiger partial charge is 0.294 e. The van der Waals surface area contributed by atoms with Crippen molar-refractivity contribution in [3.05, 3.63) is 57.8 Å². The third-order valence-corrected chi connectivity index (χ3v) is 4.43. The molecule has 0 spiro atoms. The van der Waals surface area contributed by atoms with Gasteiger partial charge in [0.05, 0.1) is 22.1 Å². The van der Waals surface area contributed by atoms with Gasteiger partial charge in [-0.2, -0.15) is 0 Å². The highest BCUT2D eigenvalue weighted by Gasteiger charge is 2.19. The van der Waals surface area contributed by atoms with E-state index in [0.717, 1.165) is 27.0 Å². The summed E-state index contributed by atoms with van der Waals surface area (Å²) >= 11 is 10.0. The third-order valence-electron chi connectivity index (χ3n) is 3.60. The van der Waals surface area contributed by atoms with Crippen molar-refractivity contribution in [2.45, 2.75) is 26.1 Å². The van der Waals surface area contributed by atoms with Crippen LogP contribution in [-0.2, 0) is 0 Å². The summed E-state index contributed by atoms with van der Waals surface area (Å²) < 4.78 is 3.20. The van der Waals surface area contributed by atoms with Gasteiger partial charge in [0.25, 0.3) is 0 Å². The summed E-state index contributed by atoms with van der Waals surface area (Å²) in [6, 6.07) is 12.5. The van der Waals surface area contributed by atoms with Gasteiger partial charge in [-0.1, -0.05) is 18.2 Å². The Kier molecular flexibility index (Phi) is 3.80. The van der Waals surface area contributed by atoms with Crippen LogP contribution in [0.3, 0.4) is 0 Å². The highest BCUT2D eigenvalue weighted by molar-refractivity contribution is 9.10. The Bertz CT molecular complexity index is 821. The van der Waals surface area contributed by atoms with Gasteiger partial charge in [0.2, 0.25) is 0 Å². The molecule has 0 fully saturated rings. The van der Waals surface area contributed by atoms with Gasteiger partial charge in [-0.3, -0.25) is 4.57 Å². The SMILES string of the molecule is Cc1ccc(-n2c(C(C)Cl)nc3cccc(C)c32)c(Br)c1. The van der Waals surface area contributed by atoms with E-state index in [1.54, 1.807) is 0 Å². The monoisotopic (exact) mass is 362 g/mol. The van der Waals surface area contributed by atoms with Gasteiger partial charge in [-0.15, -0.1) is 11.6 Å². The molecular weight excluding hydrogens is 348 g/mol. The lowest BCUT2D eigenvalue weighted by molar-refractivity contribution is 0.878. The second kappa shape index (κ2) is 5.47. The van der Waals surface area contributed by atoms with Crippen molar-refractivity contribution >= 4 is 38.6 Å². The molecule has 0 amide bonds. The fourth-order valence-corrected chi connectivity index (χ4v) is 3.43. The van der Waals surface area contributed by atoms with E-state index in [-0.39, 0.29) is 5.38 Å². The highest BCUT2D eigenvalue weighted by atomic mass is 79.9. The summed E-state index contributed by atoms with van der Waals surface area (Å²) in [5.74, 6) is 0.866. The van der Waals surface area contributed by atoms with Crippen LogP contribution in [0.4, 0.5) is 0 Å². The van der Waals surface area contributed by atoms with Crippen molar-refractivity contribution < 1.29 is 0 Å². The number of nitrogens with zero attached hydrogens (tertiary/aromatic N) is 2. The van der Waals surface area contributed by atoms with Crippen molar-refractivity contribution in [3.8, 4) is 5.69 Å². The van der Waals surface area contributed by atoms with Crippen LogP contribution in [0.15, 0.2) is 40.9 Å². The molecule has 108 valence electrons. The normalized spacial score (nSPS) is 12.8. The second-order valence-electron chi connectivity index (χ2n) is 5.32. The number of aryl methyl sites for hydroxylation is 2. The van der Waals surface area contributed by atoms with Gasteiger partial charge in [0, 0.05) is 4.47 Å². The number of aromatic nitrogens is 2. The number of rotatable bonds is 2. The molecule has 1 aromatic heterocycles. The van der Waals surface area contributed by atoms with Gasteiger partial charge < -0.3 is 0 Å². The Morgan fingerprint density at radius 3 is 2.62 bits per heavy atom. The van der Waals surface area contributed by atoms with Crippen molar-refractivity contribution in [2.75, 3.05) is 0 Å². The van der Waals surface area contributed by atoms with E-state index in [4.69, 9.17) is 16.6 Å². The second-order valence-corrected chi connectivity index (χ2v) is 6.83. The number of para-hydroxylation sites is 1. The summed E-state index contributed by atoms with van der Waals surface area (Å²) in [5, 5.41) is -0.162. The first-order chi connectivity index (χ1) is 9.99. The van der Waals surface area contributed by atoms with Gasteiger partial charge in [-0.25, -0.2) is 4.98 Å². The third kappa shape index (κ3) is 2.49. The van der Waals surface area contributed by atoms with E-state index in [1.807, 2.05) is 19.1 Å². The number of halogens is 2. The summed E-state index contributed by atoms with van der Waals surface area (Å²) in [6.07, 6.45) is 0. The molecule has 0 aliphatic heterocycles. The van der Waals surface area contributed by atoms with Crippen molar-refractivity contribution in [1.82, 2.24) is 9.55 Å². The maximum atomic E-state index is 6.37. The Hall–Kier alpha value is -1.32. The molecule has 2 aromatic carbocycles. The zero-order chi connectivity index (χ0) is 15.1. The Balaban J connectivity index is 2.41. The average Bonchev–Trinajstić information content (AvgIpc) is 2.80. The predicted octanol–water partition coefficient (Wildman–Crippen LogP) is 5.70. The van der Waals surface area contributed by atoms with Crippen LogP contribution < -0.4 is 0 Å². The van der Waals surface area contributed by atoms with Gasteiger partial charge >= 0.3 is 0 Å². The van der Waals surface area contributed by atoms with Crippen LogP contribution in [0.5, 0.6) is 0 Å². The van der Waals surface area contributed by atoms with E-state index in [9.17, 15) is 0 Å². The summed E-state index contributed by atoms with van der Waals surface area (Å²) in [4.78, 5) is 4.72. The smallest absolute Gasteiger partial charge is 0.132 e. The number of hydrogen-bond donors (Lipinski definition) is 0. The van der Waals surface area contributed by atoms with E-state index in [0.29, 0.717) is 0 Å². The van der Waals surface area contributed by atoms with Gasteiger partial charge in [-0.05, 0) is 66.0 Å². The molecule has 4 heteroatoms. The molecule has 0 saturated heterocycles. The Morgan fingerprint density at radius 1 is 1.19 bits per heavy atom. The number of hydrogen-bond acceptors (Lipinski definition) is 1. The Morgan fingerprint density at radius 2 is 1.95 bits per heavy atom. The van der Waals surface area contributed by atoms with Crippen molar-refractivity contribution in [1.29, 1.82) is 0 Å². The average molecular weight is 364 g/mol. The number of imidazole rings is 1. The summed E-state index contributed by atoms with van der Waals surface area (Å²) in [6.45, 7) is 6.14. The molecule has 0 aliphatic rings. The minimum Gasteiger partial charge on any atom is -0.294 e. The molecule has 1 atom stereocenters. The fraction of sp³-hybridized carbons (Fsp3) is 0.235. The molecule has 0 radical (unpaired) electrons. The molecule has 0 saturated carbocycles. The molecule has 0 N–H and O–H groups in total. The molecule has 0 bridgehead atoms. The van der Waals surface area contributed by atoms with Crippen LogP contribution in [0.2, 0.25) is 0 Å². The lowest BCUT2D eigenvalue weighted by Gasteiger charge is -2.14. The molecule has 0 aliphatic carbocycles. The van der Waals surface area contributed by atoms with E-state index in [1.165, 1.54) is 11.1 Å². The van der Waals surface area contributed by atoms with E-state index in [2.05, 4.69) is 58.6 Å². The van der Waals surface area contributed by atoms with Gasteiger partial charge in [0.15, 0.2) is 0 Å².